The van der Waals surface area contributed by atoms with Gasteiger partial charge in [-0.25, -0.2) is 4.39 Å². The van der Waals surface area contributed by atoms with Crippen LogP contribution < -0.4 is 5.32 Å². The number of fused-ring (bicyclic) bond motifs is 1. The van der Waals surface area contributed by atoms with Crippen LogP contribution in [0.1, 0.15) is 36.4 Å². The van der Waals surface area contributed by atoms with Crippen LogP contribution in [-0.4, -0.2) is 30.4 Å². The summed E-state index contributed by atoms with van der Waals surface area (Å²) in [4.78, 5) is 13.3. The molecule has 1 aromatic rings. The van der Waals surface area contributed by atoms with Gasteiger partial charge in [0, 0.05) is 36.6 Å². The first-order valence-electron chi connectivity index (χ1n) is 7.03. The SMILES string of the molecule is CN1C[C@@H](N[C@@H]2CCc3c(F)ccc(Br)c32)CCC1=O. The van der Waals surface area contributed by atoms with E-state index in [-0.39, 0.29) is 17.8 Å². The first kappa shape index (κ1) is 14.0. The van der Waals surface area contributed by atoms with Crippen LogP contribution in [-0.2, 0) is 11.2 Å². The molecule has 0 saturated carbocycles. The maximum absolute atomic E-state index is 13.8. The van der Waals surface area contributed by atoms with Crippen LogP contribution in [0.25, 0.3) is 0 Å². The van der Waals surface area contributed by atoms with Gasteiger partial charge in [0.2, 0.25) is 5.91 Å². The molecule has 0 radical (unpaired) electrons. The summed E-state index contributed by atoms with van der Waals surface area (Å²) < 4.78 is 14.8. The minimum absolute atomic E-state index is 0.108. The summed E-state index contributed by atoms with van der Waals surface area (Å²) in [5.74, 6) is 0.102. The largest absolute Gasteiger partial charge is 0.344 e. The topological polar surface area (TPSA) is 32.3 Å². The van der Waals surface area contributed by atoms with E-state index in [9.17, 15) is 9.18 Å². The van der Waals surface area contributed by atoms with Gasteiger partial charge in [0.1, 0.15) is 5.82 Å². The molecule has 0 aromatic heterocycles. The number of piperidine rings is 1. The summed E-state index contributed by atoms with van der Waals surface area (Å²) in [7, 11) is 1.84. The average molecular weight is 341 g/mol. The van der Waals surface area contributed by atoms with Crippen molar-refractivity contribution < 1.29 is 9.18 Å². The predicted molar refractivity (Wildman–Crippen MR) is 79.0 cm³/mol. The monoisotopic (exact) mass is 340 g/mol. The summed E-state index contributed by atoms with van der Waals surface area (Å²) >= 11 is 3.54. The number of hydrogen-bond acceptors (Lipinski definition) is 2. The van der Waals surface area contributed by atoms with Gasteiger partial charge in [0.25, 0.3) is 0 Å². The fourth-order valence-corrected chi connectivity index (χ4v) is 3.92. The maximum atomic E-state index is 13.8. The first-order chi connectivity index (χ1) is 9.56. The minimum Gasteiger partial charge on any atom is -0.344 e. The number of nitrogens with zero attached hydrogens (tertiary/aromatic N) is 1. The van der Waals surface area contributed by atoms with E-state index in [0.717, 1.165) is 41.4 Å². The Morgan fingerprint density at radius 2 is 2.15 bits per heavy atom. The van der Waals surface area contributed by atoms with Crippen molar-refractivity contribution in [2.45, 2.75) is 37.8 Å². The van der Waals surface area contributed by atoms with Crippen LogP contribution in [0, 0.1) is 5.82 Å². The highest BCUT2D eigenvalue weighted by atomic mass is 79.9. The third-order valence-corrected chi connectivity index (χ3v) is 5.03. The minimum atomic E-state index is -0.108. The van der Waals surface area contributed by atoms with Gasteiger partial charge in [0.05, 0.1) is 0 Å². The first-order valence-corrected chi connectivity index (χ1v) is 7.82. The van der Waals surface area contributed by atoms with E-state index in [1.54, 1.807) is 11.0 Å². The molecule has 2 atom stereocenters. The van der Waals surface area contributed by atoms with Gasteiger partial charge in [-0.1, -0.05) is 15.9 Å². The Kier molecular flexibility index (Phi) is 3.82. The number of carbonyl (C=O) groups is 1. The van der Waals surface area contributed by atoms with Gasteiger partial charge in [-0.05, 0) is 42.5 Å². The molecule has 0 spiro atoms. The standard InChI is InChI=1S/C15H18BrFN2O/c1-19-8-9(2-7-14(19)20)18-13-6-3-10-12(17)5-4-11(16)15(10)13/h4-5,9,13,18H,2-3,6-8H2,1H3/t9-,13+/m0/s1. The van der Waals surface area contributed by atoms with Gasteiger partial charge in [-0.3, -0.25) is 4.79 Å². The van der Waals surface area contributed by atoms with Gasteiger partial charge < -0.3 is 10.2 Å². The molecule has 108 valence electrons. The number of rotatable bonds is 2. The van der Waals surface area contributed by atoms with Crippen molar-refractivity contribution in [2.75, 3.05) is 13.6 Å². The number of halogens is 2. The number of likely N-dealkylation sites (N-methyl/N-ethyl adjacent to an activating group) is 1. The van der Waals surface area contributed by atoms with Crippen LogP contribution in [0.5, 0.6) is 0 Å². The zero-order valence-corrected chi connectivity index (χ0v) is 13.0. The van der Waals surface area contributed by atoms with Crippen LogP contribution in [0.2, 0.25) is 0 Å². The lowest BCUT2D eigenvalue weighted by molar-refractivity contribution is -0.132. The molecular weight excluding hydrogens is 323 g/mol. The summed E-state index contributed by atoms with van der Waals surface area (Å²) in [6.45, 7) is 0.734. The molecular formula is C15H18BrFN2O. The van der Waals surface area contributed by atoms with Crippen molar-refractivity contribution in [3.8, 4) is 0 Å². The number of amides is 1. The number of carbonyl (C=O) groups excluding carboxylic acids is 1. The predicted octanol–water partition coefficient (Wildman–Crippen LogP) is 2.79. The average Bonchev–Trinajstić information content (AvgIpc) is 2.83. The Morgan fingerprint density at radius 1 is 1.35 bits per heavy atom. The molecule has 0 unspecified atom stereocenters. The summed E-state index contributed by atoms with van der Waals surface area (Å²) in [6, 6.07) is 3.79. The van der Waals surface area contributed by atoms with Crippen LogP contribution in [0.3, 0.4) is 0 Å². The third kappa shape index (κ3) is 2.49. The van der Waals surface area contributed by atoms with E-state index in [4.69, 9.17) is 0 Å². The number of hydrogen-bond donors (Lipinski definition) is 1. The van der Waals surface area contributed by atoms with Gasteiger partial charge in [-0.2, -0.15) is 0 Å². The van der Waals surface area contributed by atoms with Gasteiger partial charge in [-0.15, -0.1) is 0 Å². The fraction of sp³-hybridized carbons (Fsp3) is 0.533. The Hall–Kier alpha value is -0.940. The van der Waals surface area contributed by atoms with Crippen molar-refractivity contribution in [1.29, 1.82) is 0 Å². The molecule has 1 aliphatic heterocycles. The Balaban J connectivity index is 1.76. The molecule has 5 heteroatoms. The second-order valence-corrected chi connectivity index (χ2v) is 6.54. The quantitative estimate of drug-likeness (QED) is 0.897. The summed E-state index contributed by atoms with van der Waals surface area (Å²) in [6.07, 6.45) is 3.16. The van der Waals surface area contributed by atoms with Gasteiger partial charge in [0.15, 0.2) is 0 Å². The van der Waals surface area contributed by atoms with Crippen LogP contribution in [0.15, 0.2) is 16.6 Å². The van der Waals surface area contributed by atoms with Crippen LogP contribution >= 0.6 is 15.9 Å². The fourth-order valence-electron chi connectivity index (χ4n) is 3.27. The van der Waals surface area contributed by atoms with Crippen molar-refractivity contribution in [1.82, 2.24) is 10.2 Å². The summed E-state index contributed by atoms with van der Waals surface area (Å²) in [5, 5.41) is 3.60. The lowest BCUT2D eigenvalue weighted by Crippen LogP contribution is -2.47. The van der Waals surface area contributed by atoms with Crippen molar-refractivity contribution >= 4 is 21.8 Å². The van der Waals surface area contributed by atoms with Crippen molar-refractivity contribution in [3.05, 3.63) is 33.5 Å². The van der Waals surface area contributed by atoms with Gasteiger partial charge >= 0.3 is 0 Å². The summed E-state index contributed by atoms with van der Waals surface area (Å²) in [5.41, 5.74) is 1.89. The molecule has 3 rings (SSSR count). The zero-order chi connectivity index (χ0) is 14.3. The number of nitrogens with one attached hydrogen (secondary N) is 1. The lowest BCUT2D eigenvalue weighted by Gasteiger charge is -2.32. The van der Waals surface area contributed by atoms with Crippen molar-refractivity contribution in [3.63, 3.8) is 0 Å². The second-order valence-electron chi connectivity index (χ2n) is 5.69. The molecule has 1 saturated heterocycles. The normalized spacial score (nSPS) is 25.9. The van der Waals surface area contributed by atoms with E-state index in [1.807, 2.05) is 7.05 Å². The highest BCUT2D eigenvalue weighted by Crippen LogP contribution is 2.38. The van der Waals surface area contributed by atoms with E-state index >= 15 is 0 Å². The Labute approximate surface area is 126 Å². The molecule has 1 aromatic carbocycles. The molecule has 1 N–H and O–H groups in total. The molecule has 20 heavy (non-hydrogen) atoms. The van der Waals surface area contributed by atoms with Crippen LogP contribution in [0.4, 0.5) is 4.39 Å². The Bertz CT molecular complexity index is 549. The number of likely N-dealkylation sites (tertiary alicyclic amines) is 1. The Morgan fingerprint density at radius 3 is 2.90 bits per heavy atom. The highest BCUT2D eigenvalue weighted by molar-refractivity contribution is 9.10. The second kappa shape index (κ2) is 5.45. The lowest BCUT2D eigenvalue weighted by atomic mass is 10.0. The molecule has 0 bridgehead atoms. The molecule has 3 nitrogen and oxygen atoms in total. The van der Waals surface area contributed by atoms with E-state index in [0.29, 0.717) is 12.5 Å². The molecule has 2 aliphatic rings. The van der Waals surface area contributed by atoms with E-state index < -0.39 is 0 Å². The molecule has 1 fully saturated rings. The molecule has 1 heterocycles. The van der Waals surface area contributed by atoms with E-state index in [1.165, 1.54) is 6.07 Å². The maximum Gasteiger partial charge on any atom is 0.222 e. The zero-order valence-electron chi connectivity index (χ0n) is 11.5. The van der Waals surface area contributed by atoms with E-state index in [2.05, 4.69) is 21.2 Å². The molecule has 1 amide bonds. The third-order valence-electron chi connectivity index (χ3n) is 4.34. The molecule has 1 aliphatic carbocycles. The number of benzene rings is 1. The smallest absolute Gasteiger partial charge is 0.222 e. The van der Waals surface area contributed by atoms with Crippen molar-refractivity contribution in [2.24, 2.45) is 0 Å². The highest BCUT2D eigenvalue weighted by Gasteiger charge is 2.31.